The average molecular weight is 592 g/mol. The molecule has 0 aromatic heterocycles. The minimum atomic E-state index is -0.535. The number of carbonyl (C=O) groups is 2. The Hall–Kier alpha value is -4.80. The average Bonchev–Trinajstić information content (AvgIpc) is 3.02. The topological polar surface area (TPSA) is 139 Å². The lowest BCUT2D eigenvalue weighted by Crippen LogP contribution is -2.11. The summed E-state index contributed by atoms with van der Waals surface area (Å²) in [6.45, 7) is 4.99. The monoisotopic (exact) mass is 591 g/mol. The van der Waals surface area contributed by atoms with Crippen molar-refractivity contribution in [3.8, 4) is 11.5 Å². The SMILES string of the molecule is CCOC(=O)c1ccc(OCCCCCCCCOc2ccc(N=Nc3ccc([N+](=O)[O-])cc3)cc2)c(C(=O)OCC)c1. The lowest BCUT2D eigenvalue weighted by atomic mass is 10.1. The Kier molecular flexibility index (Phi) is 13.6. The Balaban J connectivity index is 1.29. The number of hydrogen-bond acceptors (Lipinski definition) is 10. The van der Waals surface area contributed by atoms with Gasteiger partial charge in [-0.25, -0.2) is 9.59 Å². The van der Waals surface area contributed by atoms with Crippen LogP contribution in [0.5, 0.6) is 11.5 Å². The Labute approximate surface area is 251 Å². The fourth-order valence-corrected chi connectivity index (χ4v) is 4.01. The Bertz CT molecular complexity index is 1360. The van der Waals surface area contributed by atoms with Crippen molar-refractivity contribution in [2.24, 2.45) is 10.2 Å². The summed E-state index contributed by atoms with van der Waals surface area (Å²) < 4.78 is 21.8. The number of nitro benzene ring substituents is 1. The van der Waals surface area contributed by atoms with Crippen LogP contribution in [0.25, 0.3) is 0 Å². The predicted octanol–water partition coefficient (Wildman–Crippen LogP) is 8.16. The summed E-state index contributed by atoms with van der Waals surface area (Å²) >= 11 is 0. The molecule has 0 saturated carbocycles. The molecule has 0 aliphatic carbocycles. The van der Waals surface area contributed by atoms with Gasteiger partial charge in [-0.1, -0.05) is 25.7 Å². The van der Waals surface area contributed by atoms with E-state index in [0.717, 1.165) is 44.3 Å². The highest BCUT2D eigenvalue weighted by atomic mass is 16.6. The van der Waals surface area contributed by atoms with Crippen LogP contribution in [-0.2, 0) is 9.47 Å². The van der Waals surface area contributed by atoms with Crippen LogP contribution in [0.1, 0.15) is 73.1 Å². The molecule has 0 unspecified atom stereocenters. The van der Waals surface area contributed by atoms with Crippen LogP contribution in [0.4, 0.5) is 17.1 Å². The molecule has 0 atom stereocenters. The van der Waals surface area contributed by atoms with Gasteiger partial charge in [-0.15, -0.1) is 0 Å². The van der Waals surface area contributed by atoms with E-state index < -0.39 is 16.9 Å². The number of unbranched alkanes of at least 4 members (excludes halogenated alkanes) is 5. The van der Waals surface area contributed by atoms with Crippen molar-refractivity contribution in [1.82, 2.24) is 0 Å². The van der Waals surface area contributed by atoms with Gasteiger partial charge in [0.15, 0.2) is 0 Å². The molecule has 0 amide bonds. The number of nitro groups is 1. The third-order valence-electron chi connectivity index (χ3n) is 6.23. The van der Waals surface area contributed by atoms with E-state index in [1.807, 2.05) is 12.1 Å². The third-order valence-corrected chi connectivity index (χ3v) is 6.23. The molecule has 0 radical (unpaired) electrons. The first-order chi connectivity index (χ1) is 20.9. The van der Waals surface area contributed by atoms with Crippen LogP contribution in [0.2, 0.25) is 0 Å². The van der Waals surface area contributed by atoms with E-state index in [1.165, 1.54) is 18.2 Å². The Morgan fingerprint density at radius 3 is 1.81 bits per heavy atom. The lowest BCUT2D eigenvalue weighted by Gasteiger charge is -2.12. The Morgan fingerprint density at radius 2 is 1.23 bits per heavy atom. The summed E-state index contributed by atoms with van der Waals surface area (Å²) in [7, 11) is 0. The van der Waals surface area contributed by atoms with Crippen LogP contribution in [0.15, 0.2) is 77.0 Å². The fourth-order valence-electron chi connectivity index (χ4n) is 4.01. The summed E-state index contributed by atoms with van der Waals surface area (Å²) in [5, 5.41) is 19.0. The van der Waals surface area contributed by atoms with Gasteiger partial charge in [0, 0.05) is 12.1 Å². The molecule has 11 nitrogen and oxygen atoms in total. The maximum atomic E-state index is 12.4. The molecule has 0 spiro atoms. The lowest BCUT2D eigenvalue weighted by molar-refractivity contribution is -0.384. The van der Waals surface area contributed by atoms with Gasteiger partial charge in [-0.3, -0.25) is 10.1 Å². The smallest absolute Gasteiger partial charge is 0.341 e. The number of azo groups is 1. The number of benzene rings is 3. The quantitative estimate of drug-likeness (QED) is 0.0474. The normalized spacial score (nSPS) is 10.8. The number of carbonyl (C=O) groups excluding carboxylic acids is 2. The molecule has 0 heterocycles. The van der Waals surface area contributed by atoms with Gasteiger partial charge < -0.3 is 18.9 Å². The molecule has 3 aromatic carbocycles. The van der Waals surface area contributed by atoms with Gasteiger partial charge >= 0.3 is 11.9 Å². The van der Waals surface area contributed by atoms with E-state index >= 15 is 0 Å². The van der Waals surface area contributed by atoms with E-state index in [4.69, 9.17) is 18.9 Å². The molecule has 0 saturated heterocycles. The van der Waals surface area contributed by atoms with Crippen molar-refractivity contribution >= 4 is 29.0 Å². The summed E-state index contributed by atoms with van der Waals surface area (Å²) in [6, 6.07) is 17.8. The van der Waals surface area contributed by atoms with Gasteiger partial charge in [0.25, 0.3) is 5.69 Å². The number of nitrogens with zero attached hydrogens (tertiary/aromatic N) is 3. The summed E-state index contributed by atoms with van der Waals surface area (Å²) in [4.78, 5) is 34.7. The second kappa shape index (κ2) is 17.9. The first-order valence-electron chi connectivity index (χ1n) is 14.4. The fraction of sp³-hybridized carbons (Fsp3) is 0.375. The molecule has 3 rings (SSSR count). The van der Waals surface area contributed by atoms with Crippen LogP contribution >= 0.6 is 0 Å². The molecule has 0 aliphatic rings. The second-order valence-corrected chi connectivity index (χ2v) is 9.44. The van der Waals surface area contributed by atoms with Gasteiger partial charge in [0.1, 0.15) is 17.1 Å². The highest BCUT2D eigenvalue weighted by Crippen LogP contribution is 2.24. The molecule has 0 N–H and O–H groups in total. The second-order valence-electron chi connectivity index (χ2n) is 9.44. The predicted molar refractivity (Wildman–Crippen MR) is 161 cm³/mol. The van der Waals surface area contributed by atoms with Crippen molar-refractivity contribution in [2.75, 3.05) is 26.4 Å². The maximum Gasteiger partial charge on any atom is 0.341 e. The zero-order valence-electron chi connectivity index (χ0n) is 24.5. The molecular formula is C32H37N3O8. The zero-order valence-corrected chi connectivity index (χ0v) is 24.5. The van der Waals surface area contributed by atoms with Crippen LogP contribution in [0, 0.1) is 10.1 Å². The van der Waals surface area contributed by atoms with E-state index in [1.54, 1.807) is 50.2 Å². The van der Waals surface area contributed by atoms with Gasteiger partial charge in [0.2, 0.25) is 0 Å². The summed E-state index contributed by atoms with van der Waals surface area (Å²) in [5.41, 5.74) is 1.69. The van der Waals surface area contributed by atoms with Crippen molar-refractivity contribution in [2.45, 2.75) is 52.4 Å². The van der Waals surface area contributed by atoms with E-state index in [9.17, 15) is 19.7 Å². The number of rotatable bonds is 18. The molecule has 43 heavy (non-hydrogen) atoms. The molecule has 11 heteroatoms. The van der Waals surface area contributed by atoms with Gasteiger partial charge in [-0.05, 0) is 81.3 Å². The largest absolute Gasteiger partial charge is 0.494 e. The molecule has 228 valence electrons. The van der Waals surface area contributed by atoms with Crippen LogP contribution in [0.3, 0.4) is 0 Å². The van der Waals surface area contributed by atoms with Gasteiger partial charge in [0.05, 0.1) is 48.3 Å². The molecule has 0 bridgehead atoms. The first-order valence-corrected chi connectivity index (χ1v) is 14.4. The van der Waals surface area contributed by atoms with E-state index in [-0.39, 0.29) is 30.0 Å². The van der Waals surface area contributed by atoms with Crippen LogP contribution < -0.4 is 9.47 Å². The zero-order chi connectivity index (χ0) is 30.9. The highest BCUT2D eigenvalue weighted by Gasteiger charge is 2.18. The Morgan fingerprint density at radius 1 is 0.698 bits per heavy atom. The highest BCUT2D eigenvalue weighted by molar-refractivity contribution is 5.97. The summed E-state index contributed by atoms with van der Waals surface area (Å²) in [5.74, 6) is 0.115. The van der Waals surface area contributed by atoms with E-state index in [0.29, 0.717) is 30.3 Å². The number of ether oxygens (including phenoxy) is 4. The molecular weight excluding hydrogens is 554 g/mol. The van der Waals surface area contributed by atoms with Gasteiger partial charge in [-0.2, -0.15) is 10.2 Å². The maximum absolute atomic E-state index is 12.4. The van der Waals surface area contributed by atoms with Crippen molar-refractivity contribution in [1.29, 1.82) is 0 Å². The standard InChI is InChI=1S/C32H37N3O8/c1-3-40-31(36)24-11-20-30(29(23-24)32(37)41-4-2)43-22-10-8-6-5-7-9-21-42-28-18-14-26(15-19-28)34-33-25-12-16-27(17-13-25)35(38)39/h11-20,23H,3-10,21-22H2,1-2H3. The minimum absolute atomic E-state index is 0.00918. The number of non-ortho nitro benzene ring substituents is 1. The number of esters is 2. The molecule has 0 fully saturated rings. The third kappa shape index (κ3) is 11.2. The van der Waals surface area contributed by atoms with Crippen molar-refractivity contribution < 1.29 is 33.5 Å². The minimum Gasteiger partial charge on any atom is -0.494 e. The van der Waals surface area contributed by atoms with E-state index in [2.05, 4.69) is 10.2 Å². The molecule has 0 aliphatic heterocycles. The van der Waals surface area contributed by atoms with Crippen molar-refractivity contribution in [3.05, 3.63) is 88.0 Å². The molecule has 3 aromatic rings. The summed E-state index contributed by atoms with van der Waals surface area (Å²) in [6.07, 6.45) is 5.95. The van der Waals surface area contributed by atoms with Crippen molar-refractivity contribution in [3.63, 3.8) is 0 Å². The van der Waals surface area contributed by atoms with Crippen LogP contribution in [-0.4, -0.2) is 43.3 Å². The first kappa shape index (κ1) is 32.7. The number of hydrogen-bond donors (Lipinski definition) is 0.